The van der Waals surface area contributed by atoms with Crippen LogP contribution in [0.1, 0.15) is 29.3 Å². The number of aromatic carboxylic acids is 1. The van der Waals surface area contributed by atoms with E-state index in [9.17, 15) is 9.18 Å². The van der Waals surface area contributed by atoms with Crippen LogP contribution < -0.4 is 0 Å². The topological polar surface area (TPSA) is 46.5 Å². The van der Waals surface area contributed by atoms with Crippen LogP contribution >= 0.6 is 0 Å². The molecule has 1 aromatic rings. The molecule has 0 bridgehead atoms. The summed E-state index contributed by atoms with van der Waals surface area (Å²) in [5, 5.41) is 8.66. The molecule has 1 atom stereocenters. The van der Waals surface area contributed by atoms with E-state index in [1.807, 2.05) is 6.92 Å². The van der Waals surface area contributed by atoms with Crippen molar-refractivity contribution in [2.75, 3.05) is 6.61 Å². The molecule has 15 heavy (non-hydrogen) atoms. The van der Waals surface area contributed by atoms with Gasteiger partial charge in [0.15, 0.2) is 0 Å². The monoisotopic (exact) mass is 210 g/mol. The normalized spacial score (nSPS) is 24.7. The number of rotatable bonds is 2. The Morgan fingerprint density at radius 2 is 2.27 bits per heavy atom. The van der Waals surface area contributed by atoms with E-state index in [2.05, 4.69) is 0 Å². The Kier molecular flexibility index (Phi) is 2.23. The van der Waals surface area contributed by atoms with E-state index >= 15 is 0 Å². The third-order valence-corrected chi connectivity index (χ3v) is 2.81. The van der Waals surface area contributed by atoms with Gasteiger partial charge in [-0.3, -0.25) is 0 Å². The lowest BCUT2D eigenvalue weighted by Crippen LogP contribution is -2.37. The summed E-state index contributed by atoms with van der Waals surface area (Å²) in [6.07, 6.45) is 0.832. The SMILES string of the molecule is CC1(c2ccc(C(=O)O)c(F)c2)CCO1. The van der Waals surface area contributed by atoms with E-state index in [4.69, 9.17) is 9.84 Å². The van der Waals surface area contributed by atoms with Crippen molar-refractivity contribution in [1.29, 1.82) is 0 Å². The largest absolute Gasteiger partial charge is 0.478 e. The number of ether oxygens (including phenoxy) is 1. The van der Waals surface area contributed by atoms with E-state index in [1.54, 1.807) is 6.07 Å². The number of hydrogen-bond acceptors (Lipinski definition) is 2. The van der Waals surface area contributed by atoms with E-state index in [-0.39, 0.29) is 5.56 Å². The lowest BCUT2D eigenvalue weighted by atomic mass is 9.88. The van der Waals surface area contributed by atoms with E-state index < -0.39 is 17.4 Å². The number of halogens is 1. The van der Waals surface area contributed by atoms with Gasteiger partial charge in [-0.05, 0) is 24.6 Å². The van der Waals surface area contributed by atoms with Crippen LogP contribution in [0, 0.1) is 5.82 Å². The quantitative estimate of drug-likeness (QED) is 0.813. The van der Waals surface area contributed by atoms with Crippen LogP contribution in [0.5, 0.6) is 0 Å². The molecular weight excluding hydrogens is 199 g/mol. The molecule has 1 aliphatic rings. The van der Waals surface area contributed by atoms with Crippen LogP contribution in [0.25, 0.3) is 0 Å². The molecule has 1 aromatic carbocycles. The first-order valence-electron chi connectivity index (χ1n) is 4.70. The van der Waals surface area contributed by atoms with Crippen LogP contribution in [-0.4, -0.2) is 17.7 Å². The van der Waals surface area contributed by atoms with Crippen molar-refractivity contribution in [3.05, 3.63) is 35.1 Å². The molecule has 1 heterocycles. The van der Waals surface area contributed by atoms with E-state index in [0.717, 1.165) is 6.42 Å². The lowest BCUT2D eigenvalue weighted by molar-refractivity contribution is -0.140. The predicted molar refractivity (Wildman–Crippen MR) is 51.3 cm³/mol. The average Bonchev–Trinajstić information content (AvgIpc) is 2.13. The molecule has 3 nitrogen and oxygen atoms in total. The molecule has 0 radical (unpaired) electrons. The van der Waals surface area contributed by atoms with E-state index in [1.165, 1.54) is 12.1 Å². The van der Waals surface area contributed by atoms with Crippen LogP contribution in [0.2, 0.25) is 0 Å². The maximum atomic E-state index is 13.4. The summed E-state index contributed by atoms with van der Waals surface area (Å²) in [6.45, 7) is 2.53. The lowest BCUT2D eigenvalue weighted by Gasteiger charge is -2.39. The highest BCUT2D eigenvalue weighted by molar-refractivity contribution is 5.87. The molecule has 2 rings (SSSR count). The zero-order chi connectivity index (χ0) is 11.1. The smallest absolute Gasteiger partial charge is 0.338 e. The molecule has 80 valence electrons. The van der Waals surface area contributed by atoms with Crippen LogP contribution in [-0.2, 0) is 10.3 Å². The molecule has 0 aromatic heterocycles. The molecule has 0 aliphatic carbocycles. The highest BCUT2D eigenvalue weighted by Crippen LogP contribution is 2.37. The molecule has 1 fully saturated rings. The van der Waals surface area contributed by atoms with Gasteiger partial charge >= 0.3 is 5.97 Å². The number of hydrogen-bond donors (Lipinski definition) is 1. The zero-order valence-corrected chi connectivity index (χ0v) is 8.29. The van der Waals surface area contributed by atoms with Crippen molar-refractivity contribution in [3.8, 4) is 0 Å². The van der Waals surface area contributed by atoms with Gasteiger partial charge in [0.25, 0.3) is 0 Å². The minimum Gasteiger partial charge on any atom is -0.478 e. The highest BCUT2D eigenvalue weighted by Gasteiger charge is 2.35. The summed E-state index contributed by atoms with van der Waals surface area (Å²) in [5.74, 6) is -1.96. The second-order valence-electron chi connectivity index (χ2n) is 3.83. The van der Waals surface area contributed by atoms with Gasteiger partial charge in [-0.25, -0.2) is 9.18 Å². The summed E-state index contributed by atoms with van der Waals surface area (Å²) in [6, 6.07) is 4.12. The van der Waals surface area contributed by atoms with Crippen molar-refractivity contribution in [2.45, 2.75) is 18.9 Å². The molecule has 0 amide bonds. The molecule has 0 spiro atoms. The second-order valence-corrected chi connectivity index (χ2v) is 3.83. The Morgan fingerprint density at radius 1 is 1.60 bits per heavy atom. The first kappa shape index (κ1) is 10.1. The van der Waals surface area contributed by atoms with Crippen molar-refractivity contribution in [3.63, 3.8) is 0 Å². The van der Waals surface area contributed by atoms with Crippen LogP contribution in [0.15, 0.2) is 18.2 Å². The standard InChI is InChI=1S/C11H11FO3/c1-11(4-5-15-11)7-2-3-8(10(13)14)9(12)6-7/h2-3,6H,4-5H2,1H3,(H,13,14). The van der Waals surface area contributed by atoms with Crippen molar-refractivity contribution < 1.29 is 19.0 Å². The summed E-state index contributed by atoms with van der Waals surface area (Å²) < 4.78 is 18.7. The predicted octanol–water partition coefficient (Wildman–Crippen LogP) is 2.16. The maximum absolute atomic E-state index is 13.4. The number of benzene rings is 1. The Bertz CT molecular complexity index is 410. The fraction of sp³-hybridized carbons (Fsp3) is 0.364. The molecule has 0 saturated carbocycles. The molecular formula is C11H11FO3. The van der Waals surface area contributed by atoms with Crippen LogP contribution in [0.4, 0.5) is 4.39 Å². The Labute approximate surface area is 86.5 Å². The van der Waals surface area contributed by atoms with Gasteiger partial charge in [-0.2, -0.15) is 0 Å². The number of carbonyl (C=O) groups is 1. The summed E-state index contributed by atoms with van der Waals surface area (Å²) >= 11 is 0. The second kappa shape index (κ2) is 3.31. The molecule has 1 aliphatic heterocycles. The van der Waals surface area contributed by atoms with Crippen molar-refractivity contribution in [1.82, 2.24) is 0 Å². The van der Waals surface area contributed by atoms with Gasteiger partial charge < -0.3 is 9.84 Å². The van der Waals surface area contributed by atoms with Crippen molar-refractivity contribution >= 4 is 5.97 Å². The summed E-state index contributed by atoms with van der Waals surface area (Å²) in [5.41, 5.74) is -0.0596. The van der Waals surface area contributed by atoms with Gasteiger partial charge in [-0.1, -0.05) is 6.07 Å². The van der Waals surface area contributed by atoms with Gasteiger partial charge in [0, 0.05) is 6.42 Å². The first-order valence-corrected chi connectivity index (χ1v) is 4.70. The minimum atomic E-state index is -1.25. The van der Waals surface area contributed by atoms with Crippen LogP contribution in [0.3, 0.4) is 0 Å². The third-order valence-electron chi connectivity index (χ3n) is 2.81. The Morgan fingerprint density at radius 3 is 2.67 bits per heavy atom. The zero-order valence-electron chi connectivity index (χ0n) is 8.29. The van der Waals surface area contributed by atoms with Gasteiger partial charge in [0.05, 0.1) is 17.8 Å². The number of carboxylic acids is 1. The molecule has 1 N–H and O–H groups in total. The Balaban J connectivity index is 2.37. The van der Waals surface area contributed by atoms with Gasteiger partial charge in [0.2, 0.25) is 0 Å². The Hall–Kier alpha value is -1.42. The fourth-order valence-electron chi connectivity index (χ4n) is 1.65. The summed E-state index contributed by atoms with van der Waals surface area (Å²) in [4.78, 5) is 10.6. The summed E-state index contributed by atoms with van der Waals surface area (Å²) in [7, 11) is 0. The van der Waals surface area contributed by atoms with Gasteiger partial charge in [0.1, 0.15) is 5.82 Å². The fourth-order valence-corrected chi connectivity index (χ4v) is 1.65. The van der Waals surface area contributed by atoms with E-state index in [0.29, 0.717) is 12.2 Å². The first-order chi connectivity index (χ1) is 7.03. The molecule has 1 unspecified atom stereocenters. The average molecular weight is 210 g/mol. The van der Waals surface area contributed by atoms with Gasteiger partial charge in [-0.15, -0.1) is 0 Å². The van der Waals surface area contributed by atoms with Crippen molar-refractivity contribution in [2.24, 2.45) is 0 Å². The molecule has 4 heteroatoms. The maximum Gasteiger partial charge on any atom is 0.338 e. The third kappa shape index (κ3) is 1.61. The highest BCUT2D eigenvalue weighted by atomic mass is 19.1. The minimum absolute atomic E-state index is 0.304. The molecule has 1 saturated heterocycles. The number of carboxylic acid groups (broad SMARTS) is 1.